The monoisotopic (exact) mass is 398 g/mol. The van der Waals surface area contributed by atoms with Gasteiger partial charge in [-0.1, -0.05) is 0 Å². The van der Waals surface area contributed by atoms with Crippen molar-refractivity contribution in [3.63, 3.8) is 0 Å². The van der Waals surface area contributed by atoms with Crippen LogP contribution in [0.4, 0.5) is 11.4 Å². The molecule has 0 aliphatic rings. The normalized spacial score (nSPS) is 10.1. The number of ether oxygens (including phenoxy) is 1. The van der Waals surface area contributed by atoms with Crippen LogP contribution in [0, 0.1) is 0 Å². The summed E-state index contributed by atoms with van der Waals surface area (Å²) in [7, 11) is 3.18. The Bertz CT molecular complexity index is 820. The molecule has 0 heterocycles. The van der Waals surface area contributed by atoms with Crippen molar-refractivity contribution >= 4 is 29.1 Å². The molecular formula is C21H26N4O4. The Kier molecular flexibility index (Phi) is 8.65. The average Bonchev–Trinajstić information content (AvgIpc) is 2.75. The molecule has 0 saturated heterocycles. The van der Waals surface area contributed by atoms with Gasteiger partial charge in [-0.15, -0.1) is 0 Å². The van der Waals surface area contributed by atoms with E-state index in [1.807, 2.05) is 0 Å². The van der Waals surface area contributed by atoms with Gasteiger partial charge in [-0.05, 0) is 55.0 Å². The summed E-state index contributed by atoms with van der Waals surface area (Å²) in [5, 5.41) is 11.1. The van der Waals surface area contributed by atoms with Crippen LogP contribution in [-0.2, 0) is 9.53 Å². The second-order valence-corrected chi connectivity index (χ2v) is 6.24. The van der Waals surface area contributed by atoms with Gasteiger partial charge in [0.25, 0.3) is 11.8 Å². The minimum absolute atomic E-state index is 0.0692. The molecule has 8 nitrogen and oxygen atoms in total. The lowest BCUT2D eigenvalue weighted by molar-refractivity contribution is -0.114. The summed E-state index contributed by atoms with van der Waals surface area (Å²) < 4.78 is 4.94. The first kappa shape index (κ1) is 21.9. The summed E-state index contributed by atoms with van der Waals surface area (Å²) in [6.07, 6.45) is 0.755. The van der Waals surface area contributed by atoms with E-state index < -0.39 is 0 Å². The highest BCUT2D eigenvalue weighted by Gasteiger charge is 2.07. The van der Waals surface area contributed by atoms with Gasteiger partial charge in [0.15, 0.2) is 0 Å². The lowest BCUT2D eigenvalue weighted by Crippen LogP contribution is -2.25. The van der Waals surface area contributed by atoms with Gasteiger partial charge in [0.1, 0.15) is 0 Å². The van der Waals surface area contributed by atoms with E-state index in [4.69, 9.17) is 4.74 Å². The van der Waals surface area contributed by atoms with Gasteiger partial charge in [-0.2, -0.15) is 0 Å². The third kappa shape index (κ3) is 7.27. The van der Waals surface area contributed by atoms with E-state index in [1.54, 1.807) is 62.7 Å². The molecule has 4 N–H and O–H groups in total. The third-order valence-electron chi connectivity index (χ3n) is 4.07. The van der Waals surface area contributed by atoms with E-state index in [0.29, 0.717) is 30.0 Å². The second kappa shape index (κ2) is 11.5. The van der Waals surface area contributed by atoms with E-state index in [1.165, 1.54) is 0 Å². The van der Waals surface area contributed by atoms with Crippen LogP contribution in [0.25, 0.3) is 0 Å². The maximum atomic E-state index is 12.1. The van der Waals surface area contributed by atoms with Gasteiger partial charge in [-0.3, -0.25) is 14.4 Å². The molecule has 2 aromatic carbocycles. The lowest BCUT2D eigenvalue weighted by Gasteiger charge is -2.09. The van der Waals surface area contributed by atoms with Gasteiger partial charge in [-0.25, -0.2) is 0 Å². The predicted octanol–water partition coefficient (Wildman–Crippen LogP) is 1.86. The molecule has 0 aliphatic carbocycles. The third-order valence-corrected chi connectivity index (χ3v) is 4.07. The first-order chi connectivity index (χ1) is 14.0. The van der Waals surface area contributed by atoms with E-state index in [2.05, 4.69) is 21.3 Å². The molecule has 0 saturated carbocycles. The molecule has 3 amide bonds. The Morgan fingerprint density at radius 2 is 1.45 bits per heavy atom. The molecule has 0 unspecified atom stereocenters. The largest absolute Gasteiger partial charge is 0.385 e. The topological polar surface area (TPSA) is 109 Å². The summed E-state index contributed by atoms with van der Waals surface area (Å²) >= 11 is 0. The molecule has 154 valence electrons. The molecule has 0 aromatic heterocycles. The molecule has 0 radical (unpaired) electrons. The minimum atomic E-state index is -0.224. The van der Waals surface area contributed by atoms with E-state index in [-0.39, 0.29) is 24.3 Å². The first-order valence-corrected chi connectivity index (χ1v) is 9.26. The standard InChI is InChI=1S/C21H26N4O4/c1-22-20(27)15-6-10-18(11-7-15)25-19(26)14-24-17-8-4-16(5-9-17)21(28)23-12-3-13-29-2/h4-11,24H,3,12-14H2,1-2H3,(H,22,27)(H,23,28)(H,25,26). The molecule has 0 bridgehead atoms. The zero-order valence-corrected chi connectivity index (χ0v) is 16.6. The zero-order chi connectivity index (χ0) is 21.1. The number of nitrogens with one attached hydrogen (secondary N) is 4. The number of anilines is 2. The molecule has 8 heteroatoms. The van der Waals surface area contributed by atoms with Crippen LogP contribution in [-0.4, -0.2) is 51.6 Å². The Labute approximate surface area is 170 Å². The van der Waals surface area contributed by atoms with Crippen LogP contribution >= 0.6 is 0 Å². The van der Waals surface area contributed by atoms with Crippen molar-refractivity contribution in [2.45, 2.75) is 6.42 Å². The molecule has 0 fully saturated rings. The van der Waals surface area contributed by atoms with Crippen LogP contribution in [0.15, 0.2) is 48.5 Å². The fourth-order valence-corrected chi connectivity index (χ4v) is 2.50. The maximum Gasteiger partial charge on any atom is 0.251 e. The Hall–Kier alpha value is -3.39. The number of methoxy groups -OCH3 is 1. The molecular weight excluding hydrogens is 372 g/mol. The highest BCUT2D eigenvalue weighted by molar-refractivity contribution is 5.97. The van der Waals surface area contributed by atoms with Crippen molar-refractivity contribution in [3.8, 4) is 0 Å². The van der Waals surface area contributed by atoms with Crippen LogP contribution < -0.4 is 21.3 Å². The average molecular weight is 398 g/mol. The van der Waals surface area contributed by atoms with Gasteiger partial charge in [0.05, 0.1) is 6.54 Å². The van der Waals surface area contributed by atoms with Crippen molar-refractivity contribution in [1.82, 2.24) is 10.6 Å². The summed E-state index contributed by atoms with van der Waals surface area (Å²) in [4.78, 5) is 35.6. The van der Waals surface area contributed by atoms with Crippen molar-refractivity contribution in [2.24, 2.45) is 0 Å². The van der Waals surface area contributed by atoms with Gasteiger partial charge < -0.3 is 26.0 Å². The summed E-state index contributed by atoms with van der Waals surface area (Å²) in [5.41, 5.74) is 2.40. The van der Waals surface area contributed by atoms with Gasteiger partial charge in [0, 0.05) is 49.8 Å². The van der Waals surface area contributed by atoms with E-state index >= 15 is 0 Å². The predicted molar refractivity (Wildman–Crippen MR) is 112 cm³/mol. The van der Waals surface area contributed by atoms with Crippen molar-refractivity contribution in [3.05, 3.63) is 59.7 Å². The Morgan fingerprint density at radius 1 is 0.862 bits per heavy atom. The fourth-order valence-electron chi connectivity index (χ4n) is 2.50. The number of hydrogen-bond acceptors (Lipinski definition) is 5. The zero-order valence-electron chi connectivity index (χ0n) is 16.6. The quantitative estimate of drug-likeness (QED) is 0.457. The summed E-state index contributed by atoms with van der Waals surface area (Å²) in [5.74, 6) is -0.556. The van der Waals surface area contributed by atoms with Gasteiger partial charge in [0.2, 0.25) is 5.91 Å². The van der Waals surface area contributed by atoms with Crippen molar-refractivity contribution < 1.29 is 19.1 Å². The number of carbonyl (C=O) groups excluding carboxylic acids is 3. The Balaban J connectivity index is 1.78. The SMILES string of the molecule is CNC(=O)c1ccc(NC(=O)CNc2ccc(C(=O)NCCCOC)cc2)cc1. The molecule has 0 atom stereocenters. The van der Waals surface area contributed by atoms with Crippen LogP contribution in [0.1, 0.15) is 27.1 Å². The molecule has 2 rings (SSSR count). The maximum absolute atomic E-state index is 12.1. The number of carbonyl (C=O) groups is 3. The minimum Gasteiger partial charge on any atom is -0.385 e. The highest BCUT2D eigenvalue weighted by atomic mass is 16.5. The number of hydrogen-bond donors (Lipinski definition) is 4. The number of amides is 3. The number of benzene rings is 2. The smallest absolute Gasteiger partial charge is 0.251 e. The molecule has 29 heavy (non-hydrogen) atoms. The van der Waals surface area contributed by atoms with Crippen LogP contribution in [0.2, 0.25) is 0 Å². The van der Waals surface area contributed by atoms with Crippen molar-refractivity contribution in [2.75, 3.05) is 44.5 Å². The van der Waals surface area contributed by atoms with Crippen LogP contribution in [0.5, 0.6) is 0 Å². The summed E-state index contributed by atoms with van der Waals surface area (Å²) in [6, 6.07) is 13.5. The van der Waals surface area contributed by atoms with Crippen molar-refractivity contribution in [1.29, 1.82) is 0 Å². The second-order valence-electron chi connectivity index (χ2n) is 6.24. The fraction of sp³-hybridized carbons (Fsp3) is 0.286. The first-order valence-electron chi connectivity index (χ1n) is 9.26. The Morgan fingerprint density at radius 3 is 2.03 bits per heavy atom. The lowest BCUT2D eigenvalue weighted by atomic mass is 10.2. The molecule has 2 aromatic rings. The number of rotatable bonds is 10. The van der Waals surface area contributed by atoms with Gasteiger partial charge >= 0.3 is 0 Å². The van der Waals surface area contributed by atoms with Crippen LogP contribution in [0.3, 0.4) is 0 Å². The molecule has 0 spiro atoms. The molecule has 0 aliphatic heterocycles. The highest BCUT2D eigenvalue weighted by Crippen LogP contribution is 2.11. The van der Waals surface area contributed by atoms with E-state index in [9.17, 15) is 14.4 Å². The summed E-state index contributed by atoms with van der Waals surface area (Å²) in [6.45, 7) is 1.22. The van der Waals surface area contributed by atoms with E-state index in [0.717, 1.165) is 12.1 Å².